The molecule has 0 bridgehead atoms. The second-order valence-electron chi connectivity index (χ2n) is 7.59. The maximum atomic E-state index is 14.3. The van der Waals surface area contributed by atoms with Gasteiger partial charge >= 0.3 is 7.12 Å². The van der Waals surface area contributed by atoms with Gasteiger partial charge in [0.05, 0.1) is 6.10 Å². The molecule has 2 rings (SSSR count). The first-order chi connectivity index (χ1) is 11.4. The van der Waals surface area contributed by atoms with Crippen LogP contribution in [0.3, 0.4) is 0 Å². The number of halogens is 1. The van der Waals surface area contributed by atoms with E-state index in [1.165, 1.54) is 25.3 Å². The van der Waals surface area contributed by atoms with Gasteiger partial charge in [0.1, 0.15) is 0 Å². The van der Waals surface area contributed by atoms with Crippen molar-refractivity contribution in [2.75, 3.05) is 13.2 Å². The lowest BCUT2D eigenvalue weighted by Crippen LogP contribution is -2.47. The van der Waals surface area contributed by atoms with E-state index in [1.54, 1.807) is 6.07 Å². The molecule has 1 fully saturated rings. The smallest absolute Gasteiger partial charge is 0.488 e. The second-order valence-corrected chi connectivity index (χ2v) is 7.59. The molecule has 0 N–H and O–H groups in total. The SMILES string of the molecule is CCCCCC[C@@H](C)Oc1ccc(B2OCC(C)(C)CO2)cc1F. The van der Waals surface area contributed by atoms with Gasteiger partial charge in [-0.2, -0.15) is 0 Å². The largest absolute Gasteiger partial charge is 0.494 e. The Morgan fingerprint density at radius 1 is 1.21 bits per heavy atom. The number of unbranched alkanes of at least 4 members (excludes halogenated alkanes) is 3. The predicted octanol–water partition coefficient (Wildman–Crippen LogP) is 4.33. The quantitative estimate of drug-likeness (QED) is 0.522. The van der Waals surface area contributed by atoms with E-state index in [4.69, 9.17) is 14.0 Å². The van der Waals surface area contributed by atoms with Crippen molar-refractivity contribution < 1.29 is 18.4 Å². The Balaban J connectivity index is 1.88. The van der Waals surface area contributed by atoms with Crippen LogP contribution >= 0.6 is 0 Å². The van der Waals surface area contributed by atoms with Gasteiger partial charge in [-0.05, 0) is 37.4 Å². The standard InChI is InChI=1S/C19H30BFO3/c1-5-6-7-8-9-15(2)24-18-11-10-16(12-17(18)21)20-22-13-19(3,4)14-23-20/h10-12,15H,5-9,13-14H2,1-4H3/t15-/m1/s1. The van der Waals surface area contributed by atoms with Crippen LogP contribution in [0.15, 0.2) is 18.2 Å². The van der Waals surface area contributed by atoms with Crippen molar-refractivity contribution in [1.29, 1.82) is 0 Å². The van der Waals surface area contributed by atoms with E-state index in [0.29, 0.717) is 24.4 Å². The van der Waals surface area contributed by atoms with Crippen molar-refractivity contribution in [3.63, 3.8) is 0 Å². The summed E-state index contributed by atoms with van der Waals surface area (Å²) in [6.45, 7) is 9.57. The predicted molar refractivity (Wildman–Crippen MR) is 96.3 cm³/mol. The summed E-state index contributed by atoms with van der Waals surface area (Å²) in [5.74, 6) is -0.0529. The van der Waals surface area contributed by atoms with Crippen LogP contribution in [0.25, 0.3) is 0 Å². The fraction of sp³-hybridized carbons (Fsp3) is 0.684. The molecule has 1 atom stereocenters. The van der Waals surface area contributed by atoms with E-state index in [0.717, 1.165) is 12.8 Å². The van der Waals surface area contributed by atoms with E-state index in [2.05, 4.69) is 20.8 Å². The molecular weight excluding hydrogens is 306 g/mol. The Morgan fingerprint density at radius 3 is 2.54 bits per heavy atom. The first-order valence-corrected chi connectivity index (χ1v) is 9.10. The topological polar surface area (TPSA) is 27.7 Å². The summed E-state index contributed by atoms with van der Waals surface area (Å²) in [6, 6.07) is 4.97. The minimum Gasteiger partial charge on any atom is -0.488 e. The molecular formula is C19H30BFO3. The van der Waals surface area contributed by atoms with Gasteiger partial charge in [-0.15, -0.1) is 0 Å². The Bertz CT molecular complexity index is 511. The Labute approximate surface area is 146 Å². The molecule has 0 saturated carbocycles. The zero-order valence-corrected chi connectivity index (χ0v) is 15.4. The maximum Gasteiger partial charge on any atom is 0.494 e. The second kappa shape index (κ2) is 8.86. The first kappa shape index (κ1) is 19.3. The van der Waals surface area contributed by atoms with E-state index in [-0.39, 0.29) is 17.3 Å². The van der Waals surface area contributed by atoms with E-state index in [9.17, 15) is 4.39 Å². The molecule has 3 nitrogen and oxygen atoms in total. The molecule has 0 amide bonds. The highest BCUT2D eigenvalue weighted by Gasteiger charge is 2.33. The third kappa shape index (κ3) is 5.78. The van der Waals surface area contributed by atoms with Crippen molar-refractivity contribution in [3.05, 3.63) is 24.0 Å². The first-order valence-electron chi connectivity index (χ1n) is 9.10. The lowest BCUT2D eigenvalue weighted by atomic mass is 9.76. The summed E-state index contributed by atoms with van der Waals surface area (Å²) in [7, 11) is -0.493. The molecule has 1 aromatic carbocycles. The molecule has 24 heavy (non-hydrogen) atoms. The van der Waals surface area contributed by atoms with Crippen LogP contribution in [0, 0.1) is 11.2 Å². The molecule has 1 saturated heterocycles. The third-order valence-electron chi connectivity index (χ3n) is 4.27. The van der Waals surface area contributed by atoms with E-state index >= 15 is 0 Å². The number of hydrogen-bond acceptors (Lipinski definition) is 3. The molecule has 1 aliphatic rings. The molecule has 1 heterocycles. The van der Waals surface area contributed by atoms with Crippen LogP contribution in [0.2, 0.25) is 0 Å². The number of ether oxygens (including phenoxy) is 1. The van der Waals surface area contributed by atoms with Crippen molar-refractivity contribution >= 4 is 12.6 Å². The van der Waals surface area contributed by atoms with Crippen LogP contribution in [0.5, 0.6) is 5.75 Å². The molecule has 0 radical (unpaired) electrons. The highest BCUT2D eigenvalue weighted by atomic mass is 19.1. The lowest BCUT2D eigenvalue weighted by molar-refractivity contribution is 0.0343. The summed E-state index contributed by atoms with van der Waals surface area (Å²) < 4.78 is 31.5. The monoisotopic (exact) mass is 336 g/mol. The van der Waals surface area contributed by atoms with Gasteiger partial charge in [-0.1, -0.05) is 46.1 Å². The van der Waals surface area contributed by atoms with Crippen LogP contribution in [-0.4, -0.2) is 26.4 Å². The maximum absolute atomic E-state index is 14.3. The summed E-state index contributed by atoms with van der Waals surface area (Å²) >= 11 is 0. The van der Waals surface area contributed by atoms with Crippen molar-refractivity contribution in [3.8, 4) is 5.75 Å². The molecule has 1 aromatic rings. The summed E-state index contributed by atoms with van der Waals surface area (Å²) in [5.41, 5.74) is 0.705. The molecule has 0 aliphatic carbocycles. The van der Waals surface area contributed by atoms with Gasteiger partial charge in [0, 0.05) is 18.6 Å². The molecule has 0 spiro atoms. The van der Waals surface area contributed by atoms with Gasteiger partial charge in [0.2, 0.25) is 0 Å². The van der Waals surface area contributed by atoms with Crippen molar-refractivity contribution in [2.24, 2.45) is 5.41 Å². The van der Waals surface area contributed by atoms with Crippen LogP contribution in [-0.2, 0) is 9.31 Å². The summed E-state index contributed by atoms with van der Waals surface area (Å²) in [6.07, 6.45) is 5.75. The minimum atomic E-state index is -0.493. The van der Waals surface area contributed by atoms with Gasteiger partial charge in [-0.3, -0.25) is 0 Å². The zero-order valence-electron chi connectivity index (χ0n) is 15.4. The molecule has 0 unspecified atom stereocenters. The van der Waals surface area contributed by atoms with Crippen LogP contribution < -0.4 is 10.2 Å². The Morgan fingerprint density at radius 2 is 1.92 bits per heavy atom. The normalized spacial score (nSPS) is 18.5. The molecule has 134 valence electrons. The molecule has 0 aromatic heterocycles. The zero-order chi connectivity index (χ0) is 17.6. The average Bonchev–Trinajstić information content (AvgIpc) is 2.53. The van der Waals surface area contributed by atoms with Crippen molar-refractivity contribution in [1.82, 2.24) is 0 Å². The van der Waals surface area contributed by atoms with Gasteiger partial charge in [0.25, 0.3) is 0 Å². The van der Waals surface area contributed by atoms with Gasteiger partial charge < -0.3 is 14.0 Å². The number of rotatable bonds is 8. The number of hydrogen-bond donors (Lipinski definition) is 0. The molecule has 5 heteroatoms. The van der Waals surface area contributed by atoms with E-state index in [1.807, 2.05) is 13.0 Å². The Kier molecular flexibility index (Phi) is 7.11. The highest BCUT2D eigenvalue weighted by Crippen LogP contribution is 2.23. The highest BCUT2D eigenvalue weighted by molar-refractivity contribution is 6.61. The van der Waals surface area contributed by atoms with E-state index < -0.39 is 7.12 Å². The van der Waals surface area contributed by atoms with Crippen LogP contribution in [0.4, 0.5) is 4.39 Å². The van der Waals surface area contributed by atoms with Gasteiger partial charge in [-0.25, -0.2) is 4.39 Å². The minimum absolute atomic E-state index is 0.00526. The third-order valence-corrected chi connectivity index (χ3v) is 4.27. The lowest BCUT2D eigenvalue weighted by Gasteiger charge is -2.33. The number of benzene rings is 1. The fourth-order valence-corrected chi connectivity index (χ4v) is 2.78. The summed E-state index contributed by atoms with van der Waals surface area (Å²) in [4.78, 5) is 0. The molecule has 1 aliphatic heterocycles. The Hall–Kier alpha value is -1.07. The fourth-order valence-electron chi connectivity index (χ4n) is 2.78. The van der Waals surface area contributed by atoms with Crippen molar-refractivity contribution in [2.45, 2.75) is 65.9 Å². The van der Waals surface area contributed by atoms with Gasteiger partial charge in [0.15, 0.2) is 11.6 Å². The summed E-state index contributed by atoms with van der Waals surface area (Å²) in [5, 5.41) is 0. The van der Waals surface area contributed by atoms with Crippen LogP contribution in [0.1, 0.15) is 59.8 Å². The average molecular weight is 336 g/mol.